The van der Waals surface area contributed by atoms with Crippen LogP contribution in [0, 0.1) is 5.82 Å². The molecule has 1 atom stereocenters. The average Bonchev–Trinajstić information content (AvgIpc) is 2.96. The molecule has 6 nitrogen and oxygen atoms in total. The van der Waals surface area contributed by atoms with Crippen molar-refractivity contribution in [2.75, 3.05) is 23.9 Å². The summed E-state index contributed by atoms with van der Waals surface area (Å²) in [6.07, 6.45) is 0.421. The molecule has 3 amide bonds. The summed E-state index contributed by atoms with van der Waals surface area (Å²) in [4.78, 5) is 26.0. The minimum Gasteiger partial charge on any atom is -0.380 e. The van der Waals surface area contributed by atoms with Gasteiger partial charge in [0.05, 0.1) is 12.3 Å². The molecule has 0 radical (unpaired) electrons. The third-order valence-corrected chi connectivity index (χ3v) is 4.15. The van der Waals surface area contributed by atoms with E-state index in [9.17, 15) is 14.0 Å². The molecule has 1 aliphatic heterocycles. The Kier molecular flexibility index (Phi) is 5.48. The molecule has 3 rings (SSSR count). The fraction of sp³-hybridized carbons (Fsp3) is 0.263. The number of methoxy groups -OCH3 is 1. The van der Waals surface area contributed by atoms with Crippen molar-refractivity contribution in [3.05, 3.63) is 59.9 Å². The standard InChI is InChI=1S/C19H20FN3O3/c1-26-12-13-5-4-6-14(11-13)21-19(25)22-16-9-10-23(18(16)24)17-8-3-2-7-15(17)20/h2-8,11,16H,9-10,12H2,1H3,(H2,21,22,25). The molecule has 1 aliphatic rings. The zero-order chi connectivity index (χ0) is 18.5. The lowest BCUT2D eigenvalue weighted by Crippen LogP contribution is -2.43. The van der Waals surface area contributed by atoms with Crippen molar-refractivity contribution in [2.45, 2.75) is 19.1 Å². The SMILES string of the molecule is COCc1cccc(NC(=O)NC2CCN(c3ccccc3F)C2=O)c1. The molecule has 0 aromatic heterocycles. The summed E-state index contributed by atoms with van der Waals surface area (Å²) < 4.78 is 19.0. The van der Waals surface area contributed by atoms with Gasteiger partial charge in [0.25, 0.3) is 0 Å². The monoisotopic (exact) mass is 357 g/mol. The lowest BCUT2D eigenvalue weighted by molar-refractivity contribution is -0.118. The molecular weight excluding hydrogens is 337 g/mol. The highest BCUT2D eigenvalue weighted by Crippen LogP contribution is 2.24. The second-order valence-electron chi connectivity index (χ2n) is 6.01. The van der Waals surface area contributed by atoms with Gasteiger partial charge in [-0.2, -0.15) is 0 Å². The fourth-order valence-electron chi connectivity index (χ4n) is 2.95. The number of halogens is 1. The third kappa shape index (κ3) is 4.00. The van der Waals surface area contributed by atoms with Gasteiger partial charge in [0.1, 0.15) is 11.9 Å². The van der Waals surface area contributed by atoms with E-state index in [0.717, 1.165) is 5.56 Å². The Balaban J connectivity index is 1.61. The largest absolute Gasteiger partial charge is 0.380 e. The molecule has 2 aromatic rings. The molecule has 2 aromatic carbocycles. The topological polar surface area (TPSA) is 70.7 Å². The van der Waals surface area contributed by atoms with Gasteiger partial charge in [0, 0.05) is 19.3 Å². The van der Waals surface area contributed by atoms with Gasteiger partial charge in [-0.05, 0) is 36.2 Å². The van der Waals surface area contributed by atoms with Gasteiger partial charge in [-0.3, -0.25) is 4.79 Å². The van der Waals surface area contributed by atoms with E-state index in [0.29, 0.717) is 25.3 Å². The Bertz CT molecular complexity index is 812. The summed E-state index contributed by atoms with van der Waals surface area (Å²) in [7, 11) is 1.60. The molecule has 1 saturated heterocycles. The van der Waals surface area contributed by atoms with Crippen LogP contribution >= 0.6 is 0 Å². The van der Waals surface area contributed by atoms with Crippen LogP contribution in [0.25, 0.3) is 0 Å². The van der Waals surface area contributed by atoms with Gasteiger partial charge in [-0.25, -0.2) is 9.18 Å². The highest BCUT2D eigenvalue weighted by molar-refractivity contribution is 6.02. The van der Waals surface area contributed by atoms with Crippen molar-refractivity contribution >= 4 is 23.3 Å². The van der Waals surface area contributed by atoms with E-state index in [1.165, 1.54) is 11.0 Å². The maximum Gasteiger partial charge on any atom is 0.319 e. The number of amides is 3. The molecule has 0 bridgehead atoms. The molecule has 1 fully saturated rings. The van der Waals surface area contributed by atoms with Crippen LogP contribution in [0.4, 0.5) is 20.6 Å². The van der Waals surface area contributed by atoms with Gasteiger partial charge >= 0.3 is 6.03 Å². The quantitative estimate of drug-likeness (QED) is 0.864. The van der Waals surface area contributed by atoms with Crippen molar-refractivity contribution < 1.29 is 18.7 Å². The average molecular weight is 357 g/mol. The van der Waals surface area contributed by atoms with Gasteiger partial charge in [0.15, 0.2) is 0 Å². The minimum absolute atomic E-state index is 0.231. The van der Waals surface area contributed by atoms with Crippen LogP contribution in [0.5, 0.6) is 0 Å². The van der Waals surface area contributed by atoms with E-state index in [1.54, 1.807) is 37.4 Å². The number of carbonyl (C=O) groups excluding carboxylic acids is 2. The first kappa shape index (κ1) is 17.9. The van der Waals surface area contributed by atoms with E-state index >= 15 is 0 Å². The molecule has 0 spiro atoms. The zero-order valence-electron chi connectivity index (χ0n) is 14.4. The number of ether oxygens (including phenoxy) is 1. The summed E-state index contributed by atoms with van der Waals surface area (Å²) in [5.74, 6) is -0.778. The predicted octanol–water partition coefficient (Wildman–Crippen LogP) is 2.90. The van der Waals surface area contributed by atoms with Crippen LogP contribution in [0.1, 0.15) is 12.0 Å². The Morgan fingerprint density at radius 1 is 1.27 bits per heavy atom. The lowest BCUT2D eigenvalue weighted by Gasteiger charge is -2.18. The first-order chi connectivity index (χ1) is 12.6. The number of benzene rings is 2. The van der Waals surface area contributed by atoms with E-state index < -0.39 is 17.9 Å². The summed E-state index contributed by atoms with van der Waals surface area (Å²) in [5, 5.41) is 5.36. The van der Waals surface area contributed by atoms with Gasteiger partial charge in [0.2, 0.25) is 5.91 Å². The maximum absolute atomic E-state index is 13.9. The van der Waals surface area contributed by atoms with E-state index in [-0.39, 0.29) is 11.6 Å². The maximum atomic E-state index is 13.9. The Hall–Kier alpha value is -2.93. The second kappa shape index (κ2) is 7.97. The first-order valence-electron chi connectivity index (χ1n) is 8.30. The smallest absolute Gasteiger partial charge is 0.319 e. The lowest BCUT2D eigenvalue weighted by atomic mass is 10.2. The normalized spacial score (nSPS) is 16.6. The number of anilines is 2. The number of urea groups is 1. The van der Waals surface area contributed by atoms with Crippen molar-refractivity contribution in [3.8, 4) is 0 Å². The number of hydrogen-bond acceptors (Lipinski definition) is 3. The number of nitrogens with one attached hydrogen (secondary N) is 2. The molecule has 26 heavy (non-hydrogen) atoms. The number of para-hydroxylation sites is 1. The van der Waals surface area contributed by atoms with Crippen molar-refractivity contribution in [1.29, 1.82) is 0 Å². The van der Waals surface area contributed by atoms with Gasteiger partial charge in [-0.15, -0.1) is 0 Å². The van der Waals surface area contributed by atoms with Crippen LogP contribution < -0.4 is 15.5 Å². The molecule has 0 aliphatic carbocycles. The number of hydrogen-bond donors (Lipinski definition) is 2. The highest BCUT2D eigenvalue weighted by Gasteiger charge is 2.34. The summed E-state index contributed by atoms with van der Waals surface area (Å²) in [6.45, 7) is 0.796. The third-order valence-electron chi connectivity index (χ3n) is 4.15. The zero-order valence-corrected chi connectivity index (χ0v) is 14.4. The molecule has 1 unspecified atom stereocenters. The molecule has 7 heteroatoms. The number of carbonyl (C=O) groups is 2. The van der Waals surface area contributed by atoms with E-state index in [1.807, 2.05) is 12.1 Å². The van der Waals surface area contributed by atoms with Gasteiger partial charge < -0.3 is 20.3 Å². The summed E-state index contributed by atoms with van der Waals surface area (Å²) in [6, 6.07) is 12.2. The highest BCUT2D eigenvalue weighted by atomic mass is 19.1. The minimum atomic E-state index is -0.684. The van der Waals surface area contributed by atoms with Gasteiger partial charge in [-0.1, -0.05) is 24.3 Å². The number of rotatable bonds is 5. The van der Waals surface area contributed by atoms with E-state index in [2.05, 4.69) is 10.6 Å². The molecule has 1 heterocycles. The molecule has 2 N–H and O–H groups in total. The predicted molar refractivity (Wildman–Crippen MR) is 96.5 cm³/mol. The summed E-state index contributed by atoms with van der Waals surface area (Å²) >= 11 is 0. The fourth-order valence-corrected chi connectivity index (χ4v) is 2.95. The van der Waals surface area contributed by atoms with Crippen molar-refractivity contribution in [2.24, 2.45) is 0 Å². The van der Waals surface area contributed by atoms with Crippen molar-refractivity contribution in [3.63, 3.8) is 0 Å². The first-order valence-corrected chi connectivity index (χ1v) is 8.30. The summed E-state index contributed by atoms with van der Waals surface area (Å²) in [5.41, 5.74) is 1.76. The second-order valence-corrected chi connectivity index (χ2v) is 6.01. The van der Waals surface area contributed by atoms with Crippen LogP contribution in [0.3, 0.4) is 0 Å². The van der Waals surface area contributed by atoms with E-state index in [4.69, 9.17) is 4.74 Å². The van der Waals surface area contributed by atoms with Crippen LogP contribution in [0.15, 0.2) is 48.5 Å². The molecule has 136 valence electrons. The van der Waals surface area contributed by atoms with Crippen LogP contribution in [-0.2, 0) is 16.1 Å². The Morgan fingerprint density at radius 3 is 2.85 bits per heavy atom. The Labute approximate surface area is 150 Å². The molecular formula is C19H20FN3O3. The van der Waals surface area contributed by atoms with Crippen LogP contribution in [-0.4, -0.2) is 31.6 Å². The number of nitrogens with zero attached hydrogens (tertiary/aromatic N) is 1. The molecule has 0 saturated carbocycles. The Morgan fingerprint density at radius 2 is 2.08 bits per heavy atom. The van der Waals surface area contributed by atoms with Crippen LogP contribution in [0.2, 0.25) is 0 Å². The van der Waals surface area contributed by atoms with Crippen molar-refractivity contribution in [1.82, 2.24) is 5.32 Å².